The van der Waals surface area contributed by atoms with Crippen molar-refractivity contribution < 1.29 is 0 Å². The first-order chi connectivity index (χ1) is 6.63. The van der Waals surface area contributed by atoms with Gasteiger partial charge in [0, 0.05) is 0 Å². The molecule has 0 aromatic heterocycles. The van der Waals surface area contributed by atoms with Crippen LogP contribution in [0.5, 0.6) is 0 Å². The van der Waals surface area contributed by atoms with Crippen molar-refractivity contribution in [2.24, 2.45) is 11.8 Å². The van der Waals surface area contributed by atoms with Gasteiger partial charge in [-0.3, -0.25) is 0 Å². The van der Waals surface area contributed by atoms with Gasteiger partial charge < -0.3 is 0 Å². The van der Waals surface area contributed by atoms with Crippen molar-refractivity contribution in [3.63, 3.8) is 0 Å². The largest absolute Gasteiger partial charge is 0.0628 e. The van der Waals surface area contributed by atoms with E-state index in [2.05, 4.69) is 51.1 Å². The Bertz CT molecular complexity index is 299. The van der Waals surface area contributed by atoms with Gasteiger partial charge >= 0.3 is 0 Å². The van der Waals surface area contributed by atoms with Gasteiger partial charge in [-0.1, -0.05) is 51.1 Å². The number of hydrogen-bond donors (Lipinski definition) is 0. The van der Waals surface area contributed by atoms with Gasteiger partial charge in [0.2, 0.25) is 0 Å². The van der Waals surface area contributed by atoms with Crippen LogP contribution in [0.25, 0.3) is 0 Å². The van der Waals surface area contributed by atoms with Crippen LogP contribution in [0.1, 0.15) is 39.2 Å². The summed E-state index contributed by atoms with van der Waals surface area (Å²) in [6, 6.07) is 11.0. The fourth-order valence-corrected chi connectivity index (χ4v) is 2.54. The molecule has 0 unspecified atom stereocenters. The van der Waals surface area contributed by atoms with E-state index >= 15 is 0 Å². The average Bonchev–Trinajstić information content (AvgIpc) is 2.79. The zero-order chi connectivity index (χ0) is 10.2. The molecular weight excluding hydrogens is 168 g/mol. The summed E-state index contributed by atoms with van der Waals surface area (Å²) < 4.78 is 0. The molecule has 2 rings (SSSR count). The van der Waals surface area contributed by atoms with Gasteiger partial charge in [-0.2, -0.15) is 0 Å². The molecule has 0 spiro atoms. The molecule has 0 N–H and O–H groups in total. The molecule has 0 amide bonds. The van der Waals surface area contributed by atoms with Crippen LogP contribution in [0.2, 0.25) is 0 Å². The van der Waals surface area contributed by atoms with Crippen LogP contribution in [-0.2, 0) is 5.41 Å². The number of benzene rings is 1. The van der Waals surface area contributed by atoms with Crippen molar-refractivity contribution in [1.82, 2.24) is 0 Å². The van der Waals surface area contributed by atoms with Crippen molar-refractivity contribution in [2.45, 2.75) is 39.0 Å². The lowest BCUT2D eigenvalue weighted by Gasteiger charge is -2.12. The normalized spacial score (nSPS) is 30.7. The topological polar surface area (TPSA) is 0 Å². The first-order valence-electron chi connectivity index (χ1n) is 5.68. The zero-order valence-corrected chi connectivity index (χ0v) is 9.46. The Morgan fingerprint density at radius 2 is 1.93 bits per heavy atom. The van der Waals surface area contributed by atoms with Crippen molar-refractivity contribution >= 4 is 0 Å². The number of hydrogen-bond acceptors (Lipinski definition) is 0. The van der Waals surface area contributed by atoms with E-state index in [-0.39, 0.29) is 0 Å². The average molecular weight is 188 g/mol. The number of rotatable bonds is 3. The Labute approximate surface area is 87.3 Å². The Balaban J connectivity index is 2.07. The fourth-order valence-electron chi connectivity index (χ4n) is 2.54. The van der Waals surface area contributed by atoms with E-state index in [1.54, 1.807) is 0 Å². The lowest BCUT2D eigenvalue weighted by atomic mass is 9.92. The summed E-state index contributed by atoms with van der Waals surface area (Å²) in [5.41, 5.74) is 2.02. The third-order valence-corrected chi connectivity index (χ3v) is 3.60. The van der Waals surface area contributed by atoms with Crippen LogP contribution < -0.4 is 0 Å². The molecule has 2 atom stereocenters. The van der Waals surface area contributed by atoms with Crippen molar-refractivity contribution in [3.05, 3.63) is 35.9 Å². The Hall–Kier alpha value is -0.780. The predicted molar refractivity (Wildman–Crippen MR) is 61.4 cm³/mol. The summed E-state index contributed by atoms with van der Waals surface area (Å²) in [5, 5.41) is 0. The second kappa shape index (κ2) is 3.42. The van der Waals surface area contributed by atoms with E-state index in [1.165, 1.54) is 18.4 Å². The second-order valence-corrected chi connectivity index (χ2v) is 5.31. The summed E-state index contributed by atoms with van der Waals surface area (Å²) in [7, 11) is 0. The van der Waals surface area contributed by atoms with Gasteiger partial charge in [0.05, 0.1) is 0 Å². The van der Waals surface area contributed by atoms with Gasteiger partial charge in [0.1, 0.15) is 0 Å². The van der Waals surface area contributed by atoms with Gasteiger partial charge in [-0.15, -0.1) is 0 Å². The monoisotopic (exact) mass is 188 g/mol. The third kappa shape index (κ3) is 1.70. The maximum atomic E-state index is 2.41. The first kappa shape index (κ1) is 9.76. The van der Waals surface area contributed by atoms with Crippen LogP contribution >= 0.6 is 0 Å². The van der Waals surface area contributed by atoms with Gasteiger partial charge in [0.25, 0.3) is 0 Å². The molecule has 1 aromatic carbocycles. The SMILES string of the molecule is CC(C)C[C@@H]1C[C@@]1(C)c1ccccc1. The molecule has 1 fully saturated rings. The second-order valence-electron chi connectivity index (χ2n) is 5.31. The molecule has 0 aliphatic heterocycles. The van der Waals surface area contributed by atoms with E-state index in [1.807, 2.05) is 0 Å². The predicted octanol–water partition coefficient (Wildman–Crippen LogP) is 4.01. The van der Waals surface area contributed by atoms with Crippen LogP contribution in [0.4, 0.5) is 0 Å². The Morgan fingerprint density at radius 1 is 1.29 bits per heavy atom. The molecule has 1 aromatic rings. The molecule has 0 saturated heterocycles. The first-order valence-corrected chi connectivity index (χ1v) is 5.68. The van der Waals surface area contributed by atoms with Crippen molar-refractivity contribution in [3.8, 4) is 0 Å². The highest BCUT2D eigenvalue weighted by Gasteiger charge is 2.50. The molecule has 76 valence electrons. The minimum Gasteiger partial charge on any atom is -0.0628 e. The quantitative estimate of drug-likeness (QED) is 0.672. The minimum atomic E-state index is 0.492. The molecule has 0 bridgehead atoms. The molecule has 0 heteroatoms. The zero-order valence-electron chi connectivity index (χ0n) is 9.46. The minimum absolute atomic E-state index is 0.492. The molecule has 0 heterocycles. The van der Waals surface area contributed by atoms with Gasteiger partial charge in [-0.25, -0.2) is 0 Å². The smallest absolute Gasteiger partial charge is 0.00437 e. The van der Waals surface area contributed by atoms with Crippen LogP contribution in [0.15, 0.2) is 30.3 Å². The van der Waals surface area contributed by atoms with Crippen LogP contribution in [-0.4, -0.2) is 0 Å². The van der Waals surface area contributed by atoms with E-state index in [9.17, 15) is 0 Å². The van der Waals surface area contributed by atoms with Crippen LogP contribution in [0.3, 0.4) is 0 Å². The maximum Gasteiger partial charge on any atom is -0.00437 e. The summed E-state index contributed by atoms with van der Waals surface area (Å²) in [4.78, 5) is 0. The Kier molecular flexibility index (Phi) is 2.38. The van der Waals surface area contributed by atoms with Gasteiger partial charge in [0.15, 0.2) is 0 Å². The highest BCUT2D eigenvalue weighted by Crippen LogP contribution is 2.56. The Morgan fingerprint density at radius 3 is 2.50 bits per heavy atom. The van der Waals surface area contributed by atoms with Crippen LogP contribution in [0, 0.1) is 11.8 Å². The highest BCUT2D eigenvalue weighted by molar-refractivity contribution is 5.32. The van der Waals surface area contributed by atoms with E-state index < -0.39 is 0 Å². The fraction of sp³-hybridized carbons (Fsp3) is 0.571. The van der Waals surface area contributed by atoms with E-state index in [0.717, 1.165) is 11.8 Å². The molecular formula is C14H20. The molecule has 0 nitrogen and oxygen atoms in total. The molecule has 0 radical (unpaired) electrons. The summed E-state index contributed by atoms with van der Waals surface area (Å²) in [5.74, 6) is 1.76. The van der Waals surface area contributed by atoms with E-state index in [0.29, 0.717) is 5.41 Å². The lowest BCUT2D eigenvalue weighted by molar-refractivity contribution is 0.499. The lowest BCUT2D eigenvalue weighted by Crippen LogP contribution is -2.05. The molecule has 1 aliphatic rings. The van der Waals surface area contributed by atoms with Crippen molar-refractivity contribution in [1.29, 1.82) is 0 Å². The molecule has 14 heavy (non-hydrogen) atoms. The summed E-state index contributed by atoms with van der Waals surface area (Å²) in [6.45, 7) is 7.06. The summed E-state index contributed by atoms with van der Waals surface area (Å²) in [6.07, 6.45) is 2.76. The van der Waals surface area contributed by atoms with Crippen molar-refractivity contribution in [2.75, 3.05) is 0 Å². The molecule has 1 aliphatic carbocycles. The molecule has 1 saturated carbocycles. The highest BCUT2D eigenvalue weighted by atomic mass is 14.5. The summed E-state index contributed by atoms with van der Waals surface area (Å²) >= 11 is 0. The maximum absolute atomic E-state index is 2.41. The third-order valence-electron chi connectivity index (χ3n) is 3.60. The van der Waals surface area contributed by atoms with E-state index in [4.69, 9.17) is 0 Å². The van der Waals surface area contributed by atoms with Gasteiger partial charge in [-0.05, 0) is 35.7 Å². The standard InChI is InChI=1S/C14H20/c1-11(2)9-13-10-14(13,3)12-7-5-4-6-8-12/h4-8,11,13H,9-10H2,1-3H3/t13-,14+/m1/s1.